The largest absolute Gasteiger partial charge is 0.368 e. The van der Waals surface area contributed by atoms with Gasteiger partial charge in [0.15, 0.2) is 0 Å². The molecule has 228 valence electrons. The molecule has 5 heteroatoms. The van der Waals surface area contributed by atoms with Crippen molar-refractivity contribution in [3.05, 3.63) is 114 Å². The molecule has 0 bridgehead atoms. The van der Waals surface area contributed by atoms with Crippen molar-refractivity contribution in [2.45, 2.75) is 52.9 Å². The van der Waals surface area contributed by atoms with Gasteiger partial charge in [-0.25, -0.2) is 4.98 Å². The van der Waals surface area contributed by atoms with Crippen molar-refractivity contribution in [1.82, 2.24) is 9.97 Å². The summed E-state index contributed by atoms with van der Waals surface area (Å²) in [5.41, 5.74) is 5.90. The van der Waals surface area contributed by atoms with Gasteiger partial charge in [0.25, 0.3) is 0 Å². The minimum Gasteiger partial charge on any atom is -0.368 e. The number of piperidine rings is 1. The van der Waals surface area contributed by atoms with Crippen LogP contribution in [0, 0.1) is 18.3 Å². The van der Waals surface area contributed by atoms with E-state index in [1.165, 1.54) is 56.5 Å². The van der Waals surface area contributed by atoms with Gasteiger partial charge in [-0.05, 0) is 108 Å². The van der Waals surface area contributed by atoms with Crippen LogP contribution in [0.4, 0.5) is 11.5 Å². The highest BCUT2D eigenvalue weighted by Gasteiger charge is 2.41. The zero-order chi connectivity index (χ0) is 31.0. The summed E-state index contributed by atoms with van der Waals surface area (Å²) in [7, 11) is 0. The van der Waals surface area contributed by atoms with E-state index in [4.69, 9.17) is 4.98 Å². The maximum Gasteiger partial charge on any atom is 0.228 e. The predicted molar refractivity (Wildman–Crippen MR) is 188 cm³/mol. The van der Waals surface area contributed by atoms with Crippen molar-refractivity contribution in [1.29, 1.82) is 0 Å². The van der Waals surface area contributed by atoms with E-state index >= 15 is 0 Å². The van der Waals surface area contributed by atoms with E-state index in [9.17, 15) is 4.79 Å². The first-order chi connectivity index (χ1) is 21.9. The number of carbonyl (C=O) groups is 1. The first-order valence-corrected chi connectivity index (χ1v) is 16.4. The third kappa shape index (κ3) is 5.68. The summed E-state index contributed by atoms with van der Waals surface area (Å²) in [6.07, 6.45) is 9.21. The number of benzene rings is 4. The molecule has 5 nitrogen and oxygen atoms in total. The van der Waals surface area contributed by atoms with Gasteiger partial charge in [0, 0.05) is 47.9 Å². The van der Waals surface area contributed by atoms with Crippen LogP contribution >= 0.6 is 0 Å². The molecule has 6 aromatic rings. The molecule has 1 amide bonds. The number of aromatic amines is 1. The molecule has 8 rings (SSSR count). The number of carbonyl (C=O) groups excluding carboxylic acids is 1. The van der Waals surface area contributed by atoms with Crippen molar-refractivity contribution < 1.29 is 4.79 Å². The van der Waals surface area contributed by atoms with Crippen LogP contribution in [0.2, 0.25) is 0 Å². The summed E-state index contributed by atoms with van der Waals surface area (Å²) in [4.78, 5) is 24.3. The van der Waals surface area contributed by atoms with E-state index in [0.29, 0.717) is 0 Å². The van der Waals surface area contributed by atoms with Crippen molar-refractivity contribution in [2.24, 2.45) is 11.3 Å². The van der Waals surface area contributed by atoms with E-state index in [-0.39, 0.29) is 17.2 Å². The van der Waals surface area contributed by atoms with Gasteiger partial charge in [0.05, 0.1) is 5.52 Å². The number of nitrogens with one attached hydrogen (secondary N) is 2. The van der Waals surface area contributed by atoms with Gasteiger partial charge < -0.3 is 15.2 Å². The van der Waals surface area contributed by atoms with Crippen molar-refractivity contribution in [2.75, 3.05) is 23.3 Å². The third-order valence-electron chi connectivity index (χ3n) is 9.88. The lowest BCUT2D eigenvalue weighted by atomic mass is 9.73. The van der Waals surface area contributed by atoms with E-state index in [0.717, 1.165) is 49.4 Å². The molecule has 0 saturated carbocycles. The predicted octanol–water partition coefficient (Wildman–Crippen LogP) is 9.23. The Labute approximate surface area is 265 Å². The first-order valence-electron chi connectivity index (χ1n) is 16.4. The van der Waals surface area contributed by atoms with Crippen LogP contribution in [0.15, 0.2) is 97.3 Å². The summed E-state index contributed by atoms with van der Waals surface area (Å²) < 4.78 is 0. The Morgan fingerprint density at radius 2 is 1.69 bits per heavy atom. The fourth-order valence-corrected chi connectivity index (χ4v) is 7.55. The SMILES string of the molecule is Cc1cccc2ccc(N3CC[C@H](C(=O)Nc4cc5ccccc5c5ccc6c(c45)CCCC6)C(C)(C)C3)nc12.c1cc[nH]c1. The maximum atomic E-state index is 14.0. The zero-order valence-corrected chi connectivity index (χ0v) is 26.6. The normalized spacial score (nSPS) is 17.5. The average molecular weight is 595 g/mol. The number of amides is 1. The molecule has 1 aliphatic heterocycles. The molecule has 0 radical (unpaired) electrons. The molecule has 1 aliphatic carbocycles. The molecule has 2 N–H and O–H groups in total. The van der Waals surface area contributed by atoms with E-state index in [2.05, 4.69) is 109 Å². The van der Waals surface area contributed by atoms with Gasteiger partial charge in [-0.2, -0.15) is 0 Å². The fourth-order valence-electron chi connectivity index (χ4n) is 7.55. The molecule has 2 aliphatic rings. The minimum atomic E-state index is -0.198. The number of fused-ring (bicyclic) bond motifs is 6. The van der Waals surface area contributed by atoms with Crippen LogP contribution < -0.4 is 10.2 Å². The number of H-pyrrole nitrogens is 1. The highest BCUT2D eigenvalue weighted by atomic mass is 16.1. The molecular formula is C40H42N4O. The van der Waals surface area contributed by atoms with E-state index in [1.807, 2.05) is 24.5 Å². The van der Waals surface area contributed by atoms with Crippen molar-refractivity contribution in [3.63, 3.8) is 0 Å². The number of hydrogen-bond donors (Lipinski definition) is 2. The van der Waals surface area contributed by atoms with Crippen LogP contribution in [-0.2, 0) is 17.6 Å². The molecule has 0 spiro atoms. The molecular weight excluding hydrogens is 552 g/mol. The third-order valence-corrected chi connectivity index (χ3v) is 9.88. The number of para-hydroxylation sites is 1. The number of aromatic nitrogens is 2. The summed E-state index contributed by atoms with van der Waals surface area (Å²) in [6, 6.07) is 29.9. The Hall–Kier alpha value is -4.64. The lowest BCUT2D eigenvalue weighted by Gasteiger charge is -2.44. The quantitative estimate of drug-likeness (QED) is 0.201. The topological polar surface area (TPSA) is 61.0 Å². The Kier molecular flexibility index (Phi) is 7.78. The lowest BCUT2D eigenvalue weighted by Crippen LogP contribution is -2.50. The molecule has 1 fully saturated rings. The Balaban J connectivity index is 0.000000594. The van der Waals surface area contributed by atoms with Crippen LogP contribution in [0.5, 0.6) is 0 Å². The highest BCUT2D eigenvalue weighted by Crippen LogP contribution is 2.41. The zero-order valence-electron chi connectivity index (χ0n) is 26.6. The monoisotopic (exact) mass is 594 g/mol. The van der Waals surface area contributed by atoms with Gasteiger partial charge in [-0.15, -0.1) is 0 Å². The van der Waals surface area contributed by atoms with Gasteiger partial charge >= 0.3 is 0 Å². The van der Waals surface area contributed by atoms with Gasteiger partial charge in [-0.3, -0.25) is 4.79 Å². The number of nitrogens with zero attached hydrogens (tertiary/aromatic N) is 2. The van der Waals surface area contributed by atoms with Crippen molar-refractivity contribution >= 4 is 49.9 Å². The Bertz CT molecular complexity index is 1970. The Morgan fingerprint density at radius 1 is 0.889 bits per heavy atom. The van der Waals surface area contributed by atoms with E-state index in [1.54, 1.807) is 0 Å². The number of aryl methyl sites for hydroxylation is 3. The molecule has 1 atom stereocenters. The second-order valence-electron chi connectivity index (χ2n) is 13.4. The van der Waals surface area contributed by atoms with Crippen molar-refractivity contribution in [3.8, 4) is 0 Å². The average Bonchev–Trinajstić information content (AvgIpc) is 3.65. The number of pyridine rings is 1. The van der Waals surface area contributed by atoms with Crippen LogP contribution in [0.25, 0.3) is 32.4 Å². The van der Waals surface area contributed by atoms with Crippen LogP contribution in [0.3, 0.4) is 0 Å². The molecule has 1 saturated heterocycles. The second kappa shape index (κ2) is 12.0. The second-order valence-corrected chi connectivity index (χ2v) is 13.4. The first kappa shape index (κ1) is 29.1. The number of anilines is 2. The number of hydrogen-bond acceptors (Lipinski definition) is 3. The molecule has 45 heavy (non-hydrogen) atoms. The van der Waals surface area contributed by atoms with Gasteiger partial charge in [-0.1, -0.05) is 68.4 Å². The summed E-state index contributed by atoms with van der Waals surface area (Å²) in [6.45, 7) is 8.20. The van der Waals surface area contributed by atoms with Crippen LogP contribution in [-0.4, -0.2) is 29.0 Å². The summed E-state index contributed by atoms with van der Waals surface area (Å²) in [5.74, 6) is 1.06. The van der Waals surface area contributed by atoms with E-state index < -0.39 is 0 Å². The van der Waals surface area contributed by atoms with Crippen LogP contribution in [0.1, 0.15) is 49.8 Å². The number of rotatable bonds is 3. The summed E-state index contributed by atoms with van der Waals surface area (Å²) >= 11 is 0. The Morgan fingerprint density at radius 3 is 2.49 bits per heavy atom. The van der Waals surface area contributed by atoms with Gasteiger partial charge in [0.1, 0.15) is 5.82 Å². The lowest BCUT2D eigenvalue weighted by molar-refractivity contribution is -0.124. The standard InChI is InChI=1S/C36H37N3O.C4H5N/c1-23-9-8-12-25-16-18-32(38-34(23)25)39-20-19-30(36(2,3)22-39)35(40)37-31-21-26-11-5-6-13-27(26)29-17-15-24-10-4-7-14-28(24)33(29)31;1-2-4-5-3-1/h5-6,8-9,11-13,15-18,21,30H,4,7,10,14,19-20,22H2,1-3H3,(H,37,40);1-5H/t30-;/m1./s1. The molecule has 2 aromatic heterocycles. The highest BCUT2D eigenvalue weighted by molar-refractivity contribution is 6.16. The van der Waals surface area contributed by atoms with Gasteiger partial charge in [0.2, 0.25) is 5.91 Å². The minimum absolute atomic E-state index is 0.0769. The molecule has 4 aromatic carbocycles. The maximum absolute atomic E-state index is 14.0. The fraction of sp³-hybridized carbons (Fsp3) is 0.300. The smallest absolute Gasteiger partial charge is 0.228 e. The molecule has 0 unspecified atom stereocenters. The summed E-state index contributed by atoms with van der Waals surface area (Å²) in [5, 5.41) is 9.56. The molecule has 3 heterocycles.